The van der Waals surface area contributed by atoms with Crippen LogP contribution in [0.15, 0.2) is 52.5 Å². The molecule has 0 aliphatic carbocycles. The third-order valence-corrected chi connectivity index (χ3v) is 3.88. The van der Waals surface area contributed by atoms with Crippen LogP contribution in [0.2, 0.25) is 0 Å². The van der Waals surface area contributed by atoms with Crippen LogP contribution < -0.4 is 10.2 Å². The van der Waals surface area contributed by atoms with Crippen molar-refractivity contribution in [1.29, 1.82) is 5.26 Å². The number of carbonyl (C=O) groups excluding carboxylic acids is 1. The Morgan fingerprint density at radius 3 is 2.68 bits per heavy atom. The van der Waals surface area contributed by atoms with Crippen molar-refractivity contribution in [1.82, 2.24) is 5.32 Å². The van der Waals surface area contributed by atoms with E-state index in [1.165, 1.54) is 6.08 Å². The van der Waals surface area contributed by atoms with Crippen molar-refractivity contribution in [2.45, 2.75) is 6.54 Å². The lowest BCUT2D eigenvalue weighted by molar-refractivity contribution is -0.117. The van der Waals surface area contributed by atoms with Crippen LogP contribution in [0.4, 0.5) is 5.88 Å². The zero-order valence-corrected chi connectivity index (χ0v) is 13.8. The molecule has 0 saturated carbocycles. The second kappa shape index (κ2) is 8.18. The molecular weight excluding hydrogens is 318 g/mol. The number of hydrogen-bond donors (Lipinski definition) is 1. The van der Waals surface area contributed by atoms with E-state index in [2.05, 4.69) is 10.2 Å². The Hall–Kier alpha value is -3.04. The van der Waals surface area contributed by atoms with Crippen LogP contribution >= 0.6 is 0 Å². The lowest BCUT2D eigenvalue weighted by Gasteiger charge is -2.26. The highest BCUT2D eigenvalue weighted by molar-refractivity contribution is 6.01. The molecule has 0 radical (unpaired) electrons. The van der Waals surface area contributed by atoms with Gasteiger partial charge in [-0.15, -0.1) is 0 Å². The van der Waals surface area contributed by atoms with Crippen LogP contribution in [0.1, 0.15) is 11.3 Å². The Balaban J connectivity index is 1.64. The molecule has 1 aromatic carbocycles. The number of nitrogens with one attached hydrogen (secondary N) is 1. The van der Waals surface area contributed by atoms with Gasteiger partial charge in [0.2, 0.25) is 0 Å². The minimum Gasteiger partial charge on any atom is -0.441 e. The molecule has 1 aliphatic heterocycles. The molecule has 1 fully saturated rings. The van der Waals surface area contributed by atoms with Crippen LogP contribution in [0, 0.1) is 11.3 Å². The zero-order valence-electron chi connectivity index (χ0n) is 13.8. The third-order valence-electron chi connectivity index (χ3n) is 3.88. The fraction of sp³-hybridized carbons (Fsp3) is 0.263. The summed E-state index contributed by atoms with van der Waals surface area (Å²) in [6.07, 6.45) is 1.46. The third kappa shape index (κ3) is 4.49. The lowest BCUT2D eigenvalue weighted by atomic mass is 10.2. The monoisotopic (exact) mass is 337 g/mol. The highest BCUT2D eigenvalue weighted by atomic mass is 16.5. The highest BCUT2D eigenvalue weighted by Crippen LogP contribution is 2.21. The number of morpholine rings is 1. The van der Waals surface area contributed by atoms with E-state index in [4.69, 9.17) is 9.15 Å². The molecule has 3 rings (SSSR count). The quantitative estimate of drug-likeness (QED) is 0.669. The molecule has 0 atom stereocenters. The van der Waals surface area contributed by atoms with E-state index >= 15 is 0 Å². The number of rotatable bonds is 5. The smallest absolute Gasteiger partial charge is 0.262 e. The predicted octanol–water partition coefficient (Wildman–Crippen LogP) is 2.34. The Labute approximate surface area is 146 Å². The molecular formula is C19H19N3O3. The van der Waals surface area contributed by atoms with Crippen molar-refractivity contribution in [3.63, 3.8) is 0 Å². The molecule has 1 aromatic heterocycles. The number of carbonyl (C=O) groups is 1. The summed E-state index contributed by atoms with van der Waals surface area (Å²) in [5.41, 5.74) is 0.986. The minimum absolute atomic E-state index is 0.0128. The van der Waals surface area contributed by atoms with Crippen LogP contribution in [0.3, 0.4) is 0 Å². The summed E-state index contributed by atoms with van der Waals surface area (Å²) in [7, 11) is 0. The van der Waals surface area contributed by atoms with Crippen LogP contribution in [-0.4, -0.2) is 32.2 Å². The maximum Gasteiger partial charge on any atom is 0.262 e. The van der Waals surface area contributed by atoms with E-state index in [0.29, 0.717) is 25.5 Å². The first-order valence-electron chi connectivity index (χ1n) is 8.13. The molecule has 6 nitrogen and oxygen atoms in total. The molecule has 1 amide bonds. The number of nitriles is 1. The fourth-order valence-electron chi connectivity index (χ4n) is 2.54. The van der Waals surface area contributed by atoms with E-state index < -0.39 is 5.91 Å². The van der Waals surface area contributed by atoms with E-state index in [1.807, 2.05) is 42.5 Å². The van der Waals surface area contributed by atoms with Gasteiger partial charge in [-0.3, -0.25) is 4.79 Å². The minimum atomic E-state index is -0.421. The van der Waals surface area contributed by atoms with E-state index in [-0.39, 0.29) is 5.57 Å². The summed E-state index contributed by atoms with van der Waals surface area (Å²) in [4.78, 5) is 14.3. The Morgan fingerprint density at radius 1 is 1.20 bits per heavy atom. The first-order chi connectivity index (χ1) is 12.3. The van der Waals surface area contributed by atoms with Crippen molar-refractivity contribution in [2.75, 3.05) is 31.2 Å². The summed E-state index contributed by atoms with van der Waals surface area (Å²) in [5, 5.41) is 12.0. The number of nitrogens with zero attached hydrogens (tertiary/aromatic N) is 2. The SMILES string of the molecule is N#C/C(=C\c1ccc(N2CCOCC2)o1)C(=O)NCc1ccccc1. The van der Waals surface area contributed by atoms with Crippen molar-refractivity contribution in [2.24, 2.45) is 0 Å². The Bertz CT molecular complexity index is 784. The van der Waals surface area contributed by atoms with Gasteiger partial charge in [-0.05, 0) is 11.6 Å². The summed E-state index contributed by atoms with van der Waals surface area (Å²) in [5.74, 6) is 0.778. The largest absolute Gasteiger partial charge is 0.441 e. The molecule has 25 heavy (non-hydrogen) atoms. The van der Waals surface area contributed by atoms with E-state index in [1.54, 1.807) is 6.07 Å². The van der Waals surface area contributed by atoms with Crippen molar-refractivity contribution >= 4 is 17.9 Å². The number of furan rings is 1. The molecule has 1 aliphatic rings. The molecule has 1 saturated heterocycles. The van der Waals surface area contributed by atoms with Gasteiger partial charge in [0.05, 0.1) is 13.2 Å². The zero-order chi connectivity index (χ0) is 17.5. The first-order valence-corrected chi connectivity index (χ1v) is 8.13. The predicted molar refractivity (Wildman–Crippen MR) is 93.6 cm³/mol. The summed E-state index contributed by atoms with van der Waals surface area (Å²) < 4.78 is 11.0. The van der Waals surface area contributed by atoms with Crippen LogP contribution in [0.25, 0.3) is 6.08 Å². The lowest BCUT2D eigenvalue weighted by Crippen LogP contribution is -2.35. The van der Waals surface area contributed by atoms with Crippen LogP contribution in [0.5, 0.6) is 0 Å². The second-order valence-corrected chi connectivity index (χ2v) is 5.61. The molecule has 0 spiro atoms. The van der Waals surface area contributed by atoms with Gasteiger partial charge in [-0.1, -0.05) is 30.3 Å². The van der Waals surface area contributed by atoms with Gasteiger partial charge < -0.3 is 19.4 Å². The molecule has 1 N–H and O–H groups in total. The molecule has 6 heteroatoms. The van der Waals surface area contributed by atoms with Gasteiger partial charge in [0.1, 0.15) is 17.4 Å². The fourth-order valence-corrected chi connectivity index (χ4v) is 2.54. The number of amides is 1. The average Bonchev–Trinajstić information content (AvgIpc) is 3.14. The van der Waals surface area contributed by atoms with Gasteiger partial charge in [-0.25, -0.2) is 0 Å². The van der Waals surface area contributed by atoms with Crippen LogP contribution in [-0.2, 0) is 16.1 Å². The van der Waals surface area contributed by atoms with Crippen molar-refractivity contribution < 1.29 is 13.9 Å². The number of anilines is 1. The highest BCUT2D eigenvalue weighted by Gasteiger charge is 2.15. The summed E-state index contributed by atoms with van der Waals surface area (Å²) in [6.45, 7) is 3.23. The van der Waals surface area contributed by atoms with Gasteiger partial charge in [-0.2, -0.15) is 5.26 Å². The summed E-state index contributed by atoms with van der Waals surface area (Å²) >= 11 is 0. The Kier molecular flexibility index (Phi) is 5.50. The number of hydrogen-bond acceptors (Lipinski definition) is 5. The first kappa shape index (κ1) is 16.8. The molecule has 0 bridgehead atoms. The second-order valence-electron chi connectivity index (χ2n) is 5.61. The van der Waals surface area contributed by atoms with Gasteiger partial charge in [0, 0.05) is 31.8 Å². The average molecular weight is 337 g/mol. The van der Waals surface area contributed by atoms with E-state index in [0.717, 1.165) is 24.5 Å². The maximum absolute atomic E-state index is 12.2. The van der Waals surface area contributed by atoms with Gasteiger partial charge in [0.15, 0.2) is 5.88 Å². The molecule has 128 valence electrons. The topological polar surface area (TPSA) is 78.5 Å². The number of benzene rings is 1. The van der Waals surface area contributed by atoms with Crippen molar-refractivity contribution in [3.05, 3.63) is 59.4 Å². The van der Waals surface area contributed by atoms with Gasteiger partial charge >= 0.3 is 0 Å². The van der Waals surface area contributed by atoms with Crippen molar-refractivity contribution in [3.8, 4) is 6.07 Å². The maximum atomic E-state index is 12.2. The van der Waals surface area contributed by atoms with Gasteiger partial charge in [0.25, 0.3) is 5.91 Å². The molecule has 0 unspecified atom stereocenters. The normalized spacial score (nSPS) is 14.8. The molecule has 2 aromatic rings. The standard InChI is InChI=1S/C19H19N3O3/c20-13-16(19(23)21-14-15-4-2-1-3-5-15)12-17-6-7-18(25-17)22-8-10-24-11-9-22/h1-7,12H,8-11,14H2,(H,21,23)/b16-12+. The van der Waals surface area contributed by atoms with E-state index in [9.17, 15) is 10.1 Å². The Morgan fingerprint density at radius 2 is 1.96 bits per heavy atom. The summed E-state index contributed by atoms with van der Waals surface area (Å²) in [6, 6.07) is 15.1. The number of ether oxygens (including phenoxy) is 1. The molecule has 2 heterocycles.